The first-order valence-electron chi connectivity index (χ1n) is 3.78. The molecule has 0 fully saturated rings. The monoisotopic (exact) mass is 176 g/mol. The lowest BCUT2D eigenvalue weighted by Gasteiger charge is -2.06. The van der Waals surface area contributed by atoms with Crippen LogP contribution >= 0.6 is 0 Å². The van der Waals surface area contributed by atoms with Crippen molar-refractivity contribution >= 4 is 9.84 Å². The number of allylic oxidation sites excluding steroid dienone is 1. The summed E-state index contributed by atoms with van der Waals surface area (Å²) < 4.78 is 21.8. The van der Waals surface area contributed by atoms with E-state index >= 15 is 0 Å². The van der Waals surface area contributed by atoms with Crippen molar-refractivity contribution in [2.45, 2.75) is 31.4 Å². The molecule has 0 aliphatic heterocycles. The van der Waals surface area contributed by atoms with E-state index in [1.54, 1.807) is 6.92 Å². The third-order valence-corrected chi connectivity index (χ3v) is 3.45. The second-order valence-electron chi connectivity index (χ2n) is 2.86. The largest absolute Gasteiger partial charge is 0.229 e. The average molecular weight is 176 g/mol. The van der Waals surface area contributed by atoms with Crippen LogP contribution < -0.4 is 0 Å². The van der Waals surface area contributed by atoms with Crippen molar-refractivity contribution in [3.63, 3.8) is 0 Å². The van der Waals surface area contributed by atoms with Crippen LogP contribution in [0.3, 0.4) is 0 Å². The zero-order valence-corrected chi connectivity index (χ0v) is 8.02. The molecule has 1 unspecified atom stereocenters. The summed E-state index contributed by atoms with van der Waals surface area (Å²) in [4.78, 5) is 0. The molecule has 0 heterocycles. The fourth-order valence-corrected chi connectivity index (χ4v) is 1.36. The van der Waals surface area contributed by atoms with Gasteiger partial charge in [0.05, 0.1) is 5.25 Å². The number of unbranched alkanes of at least 4 members (excludes halogenated alkanes) is 1. The Morgan fingerprint density at radius 1 is 1.55 bits per heavy atom. The summed E-state index contributed by atoms with van der Waals surface area (Å²) in [6.07, 6.45) is 5.66. The molecule has 0 spiro atoms. The van der Waals surface area contributed by atoms with E-state index in [1.807, 2.05) is 6.08 Å². The molecular formula is C8H16O2S. The summed E-state index contributed by atoms with van der Waals surface area (Å²) in [6, 6.07) is 0. The maximum absolute atomic E-state index is 10.9. The molecule has 11 heavy (non-hydrogen) atoms. The first-order chi connectivity index (χ1) is 4.98. The SMILES string of the molecule is C=CCCCC(C)S(C)(=O)=O. The van der Waals surface area contributed by atoms with Crippen molar-refractivity contribution in [2.24, 2.45) is 0 Å². The van der Waals surface area contributed by atoms with E-state index in [0.717, 1.165) is 19.3 Å². The summed E-state index contributed by atoms with van der Waals surface area (Å²) in [6.45, 7) is 5.32. The van der Waals surface area contributed by atoms with Crippen LogP contribution in [0, 0.1) is 0 Å². The van der Waals surface area contributed by atoms with E-state index < -0.39 is 9.84 Å². The van der Waals surface area contributed by atoms with Crippen LogP contribution in [0.5, 0.6) is 0 Å². The Bertz CT molecular complexity index is 204. The molecule has 0 radical (unpaired) electrons. The van der Waals surface area contributed by atoms with Crippen molar-refractivity contribution in [3.05, 3.63) is 12.7 Å². The Balaban J connectivity index is 3.70. The third kappa shape index (κ3) is 5.01. The van der Waals surface area contributed by atoms with Crippen molar-refractivity contribution in [1.29, 1.82) is 0 Å². The minimum absolute atomic E-state index is 0.206. The lowest BCUT2D eigenvalue weighted by atomic mass is 10.2. The van der Waals surface area contributed by atoms with Crippen LogP contribution in [-0.4, -0.2) is 19.9 Å². The molecule has 3 heteroatoms. The molecular weight excluding hydrogens is 160 g/mol. The van der Waals surface area contributed by atoms with Crippen LogP contribution in [0.15, 0.2) is 12.7 Å². The molecule has 0 rings (SSSR count). The van der Waals surface area contributed by atoms with E-state index in [2.05, 4.69) is 6.58 Å². The minimum Gasteiger partial charge on any atom is -0.229 e. The second kappa shape index (κ2) is 4.54. The summed E-state index contributed by atoms with van der Waals surface area (Å²) in [5.74, 6) is 0. The van der Waals surface area contributed by atoms with Gasteiger partial charge in [0.15, 0.2) is 0 Å². The van der Waals surface area contributed by atoms with Gasteiger partial charge in [-0.15, -0.1) is 6.58 Å². The maximum Gasteiger partial charge on any atom is 0.150 e. The summed E-state index contributed by atoms with van der Waals surface area (Å²) in [5.41, 5.74) is 0. The fourth-order valence-electron chi connectivity index (χ4n) is 0.764. The predicted molar refractivity (Wildman–Crippen MR) is 48.4 cm³/mol. The van der Waals surface area contributed by atoms with Gasteiger partial charge in [-0.05, 0) is 26.2 Å². The number of hydrogen-bond donors (Lipinski definition) is 0. The molecule has 0 aromatic rings. The van der Waals surface area contributed by atoms with E-state index in [0.29, 0.717) is 0 Å². The van der Waals surface area contributed by atoms with Gasteiger partial charge in [0.2, 0.25) is 0 Å². The van der Waals surface area contributed by atoms with Crippen molar-refractivity contribution in [3.8, 4) is 0 Å². The highest BCUT2D eigenvalue weighted by atomic mass is 32.2. The molecule has 0 aliphatic rings. The number of hydrogen-bond acceptors (Lipinski definition) is 2. The lowest BCUT2D eigenvalue weighted by Crippen LogP contribution is -2.15. The zero-order valence-electron chi connectivity index (χ0n) is 7.21. The van der Waals surface area contributed by atoms with Crippen LogP contribution in [0.2, 0.25) is 0 Å². The van der Waals surface area contributed by atoms with Crippen LogP contribution in [0.25, 0.3) is 0 Å². The predicted octanol–water partition coefficient (Wildman–Crippen LogP) is 1.78. The maximum atomic E-state index is 10.9. The van der Waals surface area contributed by atoms with Crippen molar-refractivity contribution in [1.82, 2.24) is 0 Å². The normalized spacial score (nSPS) is 14.4. The highest BCUT2D eigenvalue weighted by Crippen LogP contribution is 2.08. The molecule has 0 bridgehead atoms. The van der Waals surface area contributed by atoms with Crippen molar-refractivity contribution < 1.29 is 8.42 Å². The lowest BCUT2D eigenvalue weighted by molar-refractivity contribution is 0.579. The third-order valence-electron chi connectivity index (χ3n) is 1.75. The zero-order chi connectivity index (χ0) is 8.91. The number of sulfone groups is 1. The van der Waals surface area contributed by atoms with E-state index in [-0.39, 0.29) is 5.25 Å². The summed E-state index contributed by atoms with van der Waals surface area (Å²) in [7, 11) is -2.82. The Hall–Kier alpha value is -0.310. The molecule has 0 aromatic heterocycles. The highest BCUT2D eigenvalue weighted by molar-refractivity contribution is 7.91. The molecule has 1 atom stereocenters. The van der Waals surface area contributed by atoms with Gasteiger partial charge in [-0.3, -0.25) is 0 Å². The van der Waals surface area contributed by atoms with Crippen LogP contribution in [-0.2, 0) is 9.84 Å². The molecule has 0 aromatic carbocycles. The Morgan fingerprint density at radius 2 is 2.09 bits per heavy atom. The topological polar surface area (TPSA) is 34.1 Å². The van der Waals surface area contributed by atoms with Gasteiger partial charge in [-0.2, -0.15) is 0 Å². The first kappa shape index (κ1) is 10.7. The average Bonchev–Trinajstić information content (AvgIpc) is 1.86. The second-order valence-corrected chi connectivity index (χ2v) is 5.32. The van der Waals surface area contributed by atoms with Crippen molar-refractivity contribution in [2.75, 3.05) is 6.26 Å². The molecule has 2 nitrogen and oxygen atoms in total. The van der Waals surface area contributed by atoms with E-state index in [1.165, 1.54) is 6.26 Å². The molecule has 66 valence electrons. The van der Waals surface area contributed by atoms with E-state index in [9.17, 15) is 8.42 Å². The van der Waals surface area contributed by atoms with Gasteiger partial charge in [-0.1, -0.05) is 6.08 Å². The summed E-state index contributed by atoms with van der Waals surface area (Å²) >= 11 is 0. The Labute approximate surface area is 69.2 Å². The van der Waals surface area contributed by atoms with Gasteiger partial charge < -0.3 is 0 Å². The molecule has 0 amide bonds. The van der Waals surface area contributed by atoms with Gasteiger partial charge in [0, 0.05) is 6.26 Å². The molecule has 0 saturated heterocycles. The van der Waals surface area contributed by atoms with Gasteiger partial charge in [-0.25, -0.2) is 8.42 Å². The first-order valence-corrected chi connectivity index (χ1v) is 5.73. The fraction of sp³-hybridized carbons (Fsp3) is 0.750. The highest BCUT2D eigenvalue weighted by Gasteiger charge is 2.12. The van der Waals surface area contributed by atoms with Crippen LogP contribution in [0.4, 0.5) is 0 Å². The van der Waals surface area contributed by atoms with Gasteiger partial charge in [0.1, 0.15) is 9.84 Å². The minimum atomic E-state index is -2.82. The smallest absolute Gasteiger partial charge is 0.150 e. The molecule has 0 N–H and O–H groups in total. The van der Waals surface area contributed by atoms with Gasteiger partial charge in [0.25, 0.3) is 0 Å². The quantitative estimate of drug-likeness (QED) is 0.472. The standard InChI is InChI=1S/C8H16O2S/c1-4-5-6-7-8(2)11(3,9)10/h4,8H,1,5-7H2,2-3H3. The summed E-state index contributed by atoms with van der Waals surface area (Å²) in [5, 5.41) is -0.206. The molecule has 0 aliphatic carbocycles. The van der Waals surface area contributed by atoms with Crippen LogP contribution in [0.1, 0.15) is 26.2 Å². The molecule has 0 saturated carbocycles. The van der Waals surface area contributed by atoms with E-state index in [4.69, 9.17) is 0 Å². The van der Waals surface area contributed by atoms with Gasteiger partial charge >= 0.3 is 0 Å². The Morgan fingerprint density at radius 3 is 2.45 bits per heavy atom. The number of rotatable bonds is 5. The Kier molecular flexibility index (Phi) is 4.42.